The van der Waals surface area contributed by atoms with Crippen molar-refractivity contribution in [2.75, 3.05) is 5.73 Å². The number of rotatable bonds is 3. The van der Waals surface area contributed by atoms with Crippen LogP contribution in [0.1, 0.15) is 34.5 Å². The predicted octanol–water partition coefficient (Wildman–Crippen LogP) is 2.91. The Kier molecular flexibility index (Phi) is 4.12. The molecule has 1 unspecified atom stereocenters. The van der Waals surface area contributed by atoms with Crippen molar-refractivity contribution >= 4 is 11.6 Å². The standard InChI is InChI=1S/C16H17FN2O2/c1-9-3-4-11(7-14(9)17)10(2)19-16(21)13-8-12(20)5-6-15(13)18/h3-8,10,20H,18H2,1-2H3,(H,19,21). The number of carbonyl (C=O) groups is 1. The lowest BCUT2D eigenvalue weighted by Gasteiger charge is -2.16. The Morgan fingerprint density at radius 1 is 1.29 bits per heavy atom. The van der Waals surface area contributed by atoms with Crippen LogP contribution in [-0.4, -0.2) is 11.0 Å². The second kappa shape index (κ2) is 5.83. The van der Waals surface area contributed by atoms with Crippen molar-refractivity contribution in [3.63, 3.8) is 0 Å². The number of amides is 1. The van der Waals surface area contributed by atoms with Crippen molar-refractivity contribution in [3.8, 4) is 5.75 Å². The summed E-state index contributed by atoms with van der Waals surface area (Å²) in [6.07, 6.45) is 0. The molecule has 110 valence electrons. The number of aromatic hydroxyl groups is 1. The lowest BCUT2D eigenvalue weighted by molar-refractivity contribution is 0.0940. The van der Waals surface area contributed by atoms with Gasteiger partial charge in [0, 0.05) is 5.69 Å². The van der Waals surface area contributed by atoms with Gasteiger partial charge in [-0.2, -0.15) is 0 Å². The van der Waals surface area contributed by atoms with Gasteiger partial charge in [-0.1, -0.05) is 12.1 Å². The SMILES string of the molecule is Cc1ccc(C(C)NC(=O)c2cc(O)ccc2N)cc1F. The molecule has 0 spiro atoms. The van der Waals surface area contributed by atoms with Crippen LogP contribution in [0.2, 0.25) is 0 Å². The highest BCUT2D eigenvalue weighted by Crippen LogP contribution is 2.21. The molecule has 0 aliphatic rings. The van der Waals surface area contributed by atoms with E-state index in [2.05, 4.69) is 5.32 Å². The minimum atomic E-state index is -0.420. The fourth-order valence-corrected chi connectivity index (χ4v) is 1.98. The van der Waals surface area contributed by atoms with Crippen LogP contribution in [0.3, 0.4) is 0 Å². The highest BCUT2D eigenvalue weighted by atomic mass is 19.1. The molecule has 0 aliphatic carbocycles. The molecule has 4 N–H and O–H groups in total. The average Bonchev–Trinajstić information content (AvgIpc) is 2.44. The van der Waals surface area contributed by atoms with Crippen molar-refractivity contribution in [1.29, 1.82) is 0 Å². The number of carbonyl (C=O) groups excluding carboxylic acids is 1. The van der Waals surface area contributed by atoms with Crippen LogP contribution >= 0.6 is 0 Å². The van der Waals surface area contributed by atoms with E-state index in [0.717, 1.165) is 0 Å². The maximum Gasteiger partial charge on any atom is 0.253 e. The number of nitrogens with two attached hydrogens (primary N) is 1. The average molecular weight is 288 g/mol. The zero-order valence-corrected chi connectivity index (χ0v) is 11.9. The Bertz CT molecular complexity index is 686. The quantitative estimate of drug-likeness (QED) is 0.600. The summed E-state index contributed by atoms with van der Waals surface area (Å²) in [7, 11) is 0. The summed E-state index contributed by atoms with van der Waals surface area (Å²) in [5.74, 6) is -0.772. The van der Waals surface area contributed by atoms with Crippen LogP contribution in [0.5, 0.6) is 5.75 Å². The fourth-order valence-electron chi connectivity index (χ4n) is 1.98. The van der Waals surface area contributed by atoms with Crippen molar-refractivity contribution in [2.45, 2.75) is 19.9 Å². The van der Waals surface area contributed by atoms with Crippen molar-refractivity contribution in [2.24, 2.45) is 0 Å². The normalized spacial score (nSPS) is 12.0. The van der Waals surface area contributed by atoms with Crippen LogP contribution in [0.25, 0.3) is 0 Å². The number of phenolic OH excluding ortho intramolecular Hbond substituents is 1. The van der Waals surface area contributed by atoms with Gasteiger partial charge in [0.1, 0.15) is 11.6 Å². The first-order valence-electron chi connectivity index (χ1n) is 6.54. The number of hydrogen-bond donors (Lipinski definition) is 3. The third-order valence-electron chi connectivity index (χ3n) is 3.32. The molecular formula is C16H17FN2O2. The van der Waals surface area contributed by atoms with E-state index in [1.165, 1.54) is 24.3 Å². The number of anilines is 1. The van der Waals surface area contributed by atoms with Gasteiger partial charge < -0.3 is 16.2 Å². The first kappa shape index (κ1) is 14.8. The van der Waals surface area contributed by atoms with Crippen molar-refractivity contribution in [3.05, 3.63) is 58.9 Å². The topological polar surface area (TPSA) is 75.3 Å². The molecule has 1 amide bonds. The lowest BCUT2D eigenvalue weighted by atomic mass is 10.0. The summed E-state index contributed by atoms with van der Waals surface area (Å²) >= 11 is 0. The first-order valence-corrected chi connectivity index (χ1v) is 6.54. The lowest BCUT2D eigenvalue weighted by Crippen LogP contribution is -2.27. The summed E-state index contributed by atoms with van der Waals surface area (Å²) < 4.78 is 13.6. The fraction of sp³-hybridized carbons (Fsp3) is 0.188. The van der Waals surface area contributed by atoms with Gasteiger partial charge in [0.05, 0.1) is 11.6 Å². The van der Waals surface area contributed by atoms with Crippen LogP contribution in [-0.2, 0) is 0 Å². The molecule has 21 heavy (non-hydrogen) atoms. The van der Waals surface area contributed by atoms with Gasteiger partial charge in [-0.3, -0.25) is 4.79 Å². The van der Waals surface area contributed by atoms with Gasteiger partial charge in [0.2, 0.25) is 0 Å². The predicted molar refractivity (Wildman–Crippen MR) is 79.5 cm³/mol. The number of hydrogen-bond acceptors (Lipinski definition) is 3. The molecule has 0 aromatic heterocycles. The van der Waals surface area contributed by atoms with E-state index >= 15 is 0 Å². The molecule has 1 atom stereocenters. The molecule has 0 saturated heterocycles. The molecule has 0 fully saturated rings. The molecule has 0 heterocycles. The summed E-state index contributed by atoms with van der Waals surface area (Å²) in [6.45, 7) is 3.43. The van der Waals surface area contributed by atoms with Crippen LogP contribution in [0.4, 0.5) is 10.1 Å². The zero-order valence-electron chi connectivity index (χ0n) is 11.9. The number of nitrogen functional groups attached to an aromatic ring is 1. The molecule has 2 aromatic carbocycles. The molecule has 0 radical (unpaired) electrons. The second-order valence-electron chi connectivity index (χ2n) is 4.98. The molecule has 2 aromatic rings. The summed E-state index contributed by atoms with van der Waals surface area (Å²) in [6, 6.07) is 8.60. The maximum atomic E-state index is 13.6. The third kappa shape index (κ3) is 3.31. The monoisotopic (exact) mass is 288 g/mol. The summed E-state index contributed by atoms with van der Waals surface area (Å²) in [5, 5.41) is 12.1. The van der Waals surface area contributed by atoms with Gasteiger partial charge in [-0.05, 0) is 49.2 Å². The van der Waals surface area contributed by atoms with Crippen molar-refractivity contribution < 1.29 is 14.3 Å². The van der Waals surface area contributed by atoms with Crippen LogP contribution < -0.4 is 11.1 Å². The highest BCUT2D eigenvalue weighted by molar-refractivity contribution is 5.99. The van der Waals surface area contributed by atoms with Gasteiger partial charge in [0.25, 0.3) is 5.91 Å². The van der Waals surface area contributed by atoms with E-state index in [9.17, 15) is 14.3 Å². The molecule has 5 heteroatoms. The largest absolute Gasteiger partial charge is 0.508 e. The Morgan fingerprint density at radius 2 is 2.00 bits per heavy atom. The van der Waals surface area contributed by atoms with E-state index in [1.54, 1.807) is 26.0 Å². The van der Waals surface area contributed by atoms with Gasteiger partial charge >= 0.3 is 0 Å². The molecule has 0 aliphatic heterocycles. The Morgan fingerprint density at radius 3 is 2.67 bits per heavy atom. The molecule has 0 bridgehead atoms. The Balaban J connectivity index is 2.18. The molecular weight excluding hydrogens is 271 g/mol. The van der Waals surface area contributed by atoms with E-state index in [0.29, 0.717) is 11.1 Å². The maximum absolute atomic E-state index is 13.6. The second-order valence-corrected chi connectivity index (χ2v) is 4.98. The number of nitrogens with one attached hydrogen (secondary N) is 1. The van der Waals surface area contributed by atoms with Crippen LogP contribution in [0.15, 0.2) is 36.4 Å². The van der Waals surface area contributed by atoms with Gasteiger partial charge in [-0.15, -0.1) is 0 Å². The molecule has 2 rings (SSSR count). The van der Waals surface area contributed by atoms with Crippen molar-refractivity contribution in [1.82, 2.24) is 5.32 Å². The highest BCUT2D eigenvalue weighted by Gasteiger charge is 2.15. The van der Waals surface area contributed by atoms with E-state index in [1.807, 2.05) is 0 Å². The molecule has 4 nitrogen and oxygen atoms in total. The minimum Gasteiger partial charge on any atom is -0.508 e. The minimum absolute atomic E-state index is 0.0385. The number of benzene rings is 2. The Labute approximate surface area is 122 Å². The van der Waals surface area contributed by atoms with E-state index in [4.69, 9.17) is 5.73 Å². The number of aryl methyl sites for hydroxylation is 1. The van der Waals surface area contributed by atoms with Gasteiger partial charge in [-0.25, -0.2) is 4.39 Å². The summed E-state index contributed by atoms with van der Waals surface area (Å²) in [4.78, 5) is 12.2. The van der Waals surface area contributed by atoms with E-state index in [-0.39, 0.29) is 28.9 Å². The number of halogens is 1. The molecule has 0 saturated carbocycles. The third-order valence-corrected chi connectivity index (χ3v) is 3.32. The smallest absolute Gasteiger partial charge is 0.253 e. The van der Waals surface area contributed by atoms with E-state index < -0.39 is 5.91 Å². The zero-order chi connectivity index (χ0) is 15.6. The van der Waals surface area contributed by atoms with Crippen LogP contribution in [0, 0.1) is 12.7 Å². The number of phenols is 1. The first-order chi connectivity index (χ1) is 9.88. The van der Waals surface area contributed by atoms with Gasteiger partial charge in [0.15, 0.2) is 0 Å². The summed E-state index contributed by atoms with van der Waals surface area (Å²) in [5.41, 5.74) is 7.39. The Hall–Kier alpha value is -2.56.